The molecule has 3 rings (SSSR count). The molecule has 150 valence electrons. The molecule has 3 aromatic carbocycles. The summed E-state index contributed by atoms with van der Waals surface area (Å²) in [4.78, 5) is 11.1. The Hall–Kier alpha value is -3.36. The topological polar surface area (TPSA) is 110 Å². The maximum Gasteiger partial charge on any atom is 0.339 e. The molecule has 0 aromatic heterocycles. The van der Waals surface area contributed by atoms with Crippen molar-refractivity contribution in [2.24, 2.45) is 0 Å². The molecule has 1 atom stereocenters. The molecule has 0 aliphatic carbocycles. The molecule has 0 saturated heterocycles. The van der Waals surface area contributed by atoms with Crippen LogP contribution in [0.25, 0.3) is 11.1 Å². The van der Waals surface area contributed by atoms with Crippen molar-refractivity contribution < 1.29 is 28.5 Å². The summed E-state index contributed by atoms with van der Waals surface area (Å²) in [5.41, 5.74) is 1.75. The standard InChI is InChI=1S/C21H19NO6S/c1-2-28-18-8-4-6-15(12-18)14-5-3-7-16(11-14)22(29(26)27)17-9-10-19(21(24)25)20(23)13-17/h3-13,23H,2H2,1H3,(H,24,25)(H,26,27)/p-1. The first-order chi connectivity index (χ1) is 13.9. The average Bonchev–Trinajstić information content (AvgIpc) is 2.68. The lowest BCUT2D eigenvalue weighted by molar-refractivity contribution is 0.0693. The van der Waals surface area contributed by atoms with Crippen molar-refractivity contribution in [1.82, 2.24) is 0 Å². The van der Waals surface area contributed by atoms with Gasteiger partial charge in [-0.2, -0.15) is 0 Å². The largest absolute Gasteiger partial charge is 0.755 e. The zero-order valence-corrected chi connectivity index (χ0v) is 16.3. The maximum absolute atomic E-state index is 11.9. The number of ether oxygens (including phenoxy) is 1. The number of anilines is 2. The zero-order chi connectivity index (χ0) is 21.0. The Kier molecular flexibility index (Phi) is 6.16. The number of aromatic hydroxyl groups is 1. The fraction of sp³-hybridized carbons (Fsp3) is 0.0952. The van der Waals surface area contributed by atoms with E-state index in [1.807, 2.05) is 37.3 Å². The second-order valence-corrected chi connectivity index (χ2v) is 6.83. The highest BCUT2D eigenvalue weighted by Gasteiger charge is 2.16. The van der Waals surface area contributed by atoms with E-state index in [9.17, 15) is 18.7 Å². The Balaban J connectivity index is 2.03. The fourth-order valence-corrected chi connectivity index (χ4v) is 3.46. The molecule has 0 radical (unpaired) electrons. The highest BCUT2D eigenvalue weighted by molar-refractivity contribution is 7.81. The molecule has 0 heterocycles. The minimum Gasteiger partial charge on any atom is -0.755 e. The van der Waals surface area contributed by atoms with Gasteiger partial charge in [-0.1, -0.05) is 24.3 Å². The number of aromatic carboxylic acids is 1. The van der Waals surface area contributed by atoms with Gasteiger partial charge >= 0.3 is 5.97 Å². The average molecular weight is 412 g/mol. The van der Waals surface area contributed by atoms with Crippen LogP contribution in [0.2, 0.25) is 0 Å². The van der Waals surface area contributed by atoms with E-state index < -0.39 is 23.0 Å². The van der Waals surface area contributed by atoms with E-state index in [1.54, 1.807) is 18.2 Å². The van der Waals surface area contributed by atoms with Gasteiger partial charge in [-0.3, -0.25) is 8.51 Å². The summed E-state index contributed by atoms with van der Waals surface area (Å²) in [6.07, 6.45) is 0. The number of carboxylic acid groups (broad SMARTS) is 1. The molecule has 0 aliphatic heterocycles. The molecule has 2 N–H and O–H groups in total. The number of rotatable bonds is 7. The van der Waals surface area contributed by atoms with Gasteiger partial charge in [0.05, 0.1) is 29.2 Å². The molecule has 1 unspecified atom stereocenters. The van der Waals surface area contributed by atoms with Crippen LogP contribution in [0.4, 0.5) is 11.4 Å². The van der Waals surface area contributed by atoms with Gasteiger partial charge in [0.25, 0.3) is 0 Å². The molecule has 0 fully saturated rings. The highest BCUT2D eigenvalue weighted by atomic mass is 32.2. The lowest BCUT2D eigenvalue weighted by Gasteiger charge is -2.27. The molecule has 0 aliphatic rings. The Morgan fingerprint density at radius 3 is 2.31 bits per heavy atom. The smallest absolute Gasteiger partial charge is 0.339 e. The molecule has 0 saturated carbocycles. The summed E-state index contributed by atoms with van der Waals surface area (Å²) in [5.74, 6) is -1.13. The van der Waals surface area contributed by atoms with Gasteiger partial charge in [0.2, 0.25) is 0 Å². The van der Waals surface area contributed by atoms with Crippen LogP contribution in [0.5, 0.6) is 11.5 Å². The van der Waals surface area contributed by atoms with Crippen molar-refractivity contribution in [1.29, 1.82) is 0 Å². The summed E-state index contributed by atoms with van der Waals surface area (Å²) in [7, 11) is 0. The molecular formula is C21H18NO6S-. The van der Waals surface area contributed by atoms with Crippen LogP contribution >= 0.6 is 0 Å². The van der Waals surface area contributed by atoms with Crippen molar-refractivity contribution in [3.8, 4) is 22.6 Å². The third-order valence-electron chi connectivity index (χ3n) is 4.15. The zero-order valence-electron chi connectivity index (χ0n) is 15.4. The highest BCUT2D eigenvalue weighted by Crippen LogP contribution is 2.34. The Bertz CT molecular complexity index is 1070. The second-order valence-electron chi connectivity index (χ2n) is 6.03. The molecule has 0 bridgehead atoms. The maximum atomic E-state index is 11.9. The normalized spacial score (nSPS) is 11.7. The van der Waals surface area contributed by atoms with E-state index in [-0.39, 0.29) is 11.3 Å². The van der Waals surface area contributed by atoms with Gasteiger partial charge in [-0.25, -0.2) is 4.79 Å². The third kappa shape index (κ3) is 4.56. The number of carbonyl (C=O) groups is 1. The molecule has 8 heteroatoms. The second kappa shape index (κ2) is 8.76. The molecule has 29 heavy (non-hydrogen) atoms. The van der Waals surface area contributed by atoms with E-state index in [0.29, 0.717) is 18.0 Å². The quantitative estimate of drug-likeness (QED) is 0.566. The first-order valence-electron chi connectivity index (χ1n) is 8.70. The summed E-state index contributed by atoms with van der Waals surface area (Å²) in [6.45, 7) is 2.42. The first kappa shape index (κ1) is 20.4. The first-order valence-corrected chi connectivity index (χ1v) is 9.73. The number of nitrogens with zero attached hydrogens (tertiary/aromatic N) is 1. The lowest BCUT2D eigenvalue weighted by Crippen LogP contribution is -2.19. The van der Waals surface area contributed by atoms with Crippen LogP contribution in [0.15, 0.2) is 66.7 Å². The molecular weight excluding hydrogens is 394 g/mol. The Labute approximate surface area is 170 Å². The van der Waals surface area contributed by atoms with E-state index in [4.69, 9.17) is 9.84 Å². The predicted octanol–water partition coefficient (Wildman–Crippen LogP) is 4.09. The Morgan fingerprint density at radius 2 is 1.69 bits per heavy atom. The van der Waals surface area contributed by atoms with E-state index in [2.05, 4.69) is 0 Å². The Morgan fingerprint density at radius 1 is 1.03 bits per heavy atom. The van der Waals surface area contributed by atoms with Crippen LogP contribution in [-0.4, -0.2) is 31.6 Å². The van der Waals surface area contributed by atoms with Crippen molar-refractivity contribution >= 4 is 28.6 Å². The van der Waals surface area contributed by atoms with Gasteiger partial charge in [0.1, 0.15) is 17.1 Å². The minimum absolute atomic E-state index is 0.112. The van der Waals surface area contributed by atoms with Crippen LogP contribution in [0, 0.1) is 0 Å². The van der Waals surface area contributed by atoms with Crippen LogP contribution in [-0.2, 0) is 11.3 Å². The number of hydrogen-bond acceptors (Lipinski definition) is 5. The van der Waals surface area contributed by atoms with Gasteiger partial charge in [-0.15, -0.1) is 0 Å². The van der Waals surface area contributed by atoms with Crippen molar-refractivity contribution in [3.63, 3.8) is 0 Å². The minimum atomic E-state index is -2.70. The summed E-state index contributed by atoms with van der Waals surface area (Å²) in [5, 5.41) is 19.0. The van der Waals surface area contributed by atoms with Crippen LogP contribution < -0.4 is 9.04 Å². The molecule has 0 spiro atoms. The van der Waals surface area contributed by atoms with Crippen LogP contribution in [0.3, 0.4) is 0 Å². The molecule has 0 amide bonds. The van der Waals surface area contributed by atoms with E-state index >= 15 is 0 Å². The fourth-order valence-electron chi connectivity index (χ4n) is 2.89. The molecule has 3 aromatic rings. The van der Waals surface area contributed by atoms with Gasteiger partial charge < -0.3 is 19.5 Å². The summed E-state index contributed by atoms with van der Waals surface area (Å²) in [6, 6.07) is 17.8. The van der Waals surface area contributed by atoms with Crippen molar-refractivity contribution in [2.75, 3.05) is 10.9 Å². The van der Waals surface area contributed by atoms with E-state index in [1.165, 1.54) is 6.07 Å². The number of hydrogen-bond donors (Lipinski definition) is 2. The number of carboxylic acids is 1. The van der Waals surface area contributed by atoms with E-state index in [0.717, 1.165) is 27.6 Å². The van der Waals surface area contributed by atoms with Gasteiger partial charge in [0, 0.05) is 6.07 Å². The van der Waals surface area contributed by atoms with Crippen molar-refractivity contribution in [2.45, 2.75) is 6.92 Å². The van der Waals surface area contributed by atoms with Gasteiger partial charge in [-0.05, 0) is 54.4 Å². The van der Waals surface area contributed by atoms with Gasteiger partial charge in [0.15, 0.2) is 0 Å². The third-order valence-corrected chi connectivity index (χ3v) is 4.87. The van der Waals surface area contributed by atoms with Crippen molar-refractivity contribution in [3.05, 3.63) is 72.3 Å². The summed E-state index contributed by atoms with van der Waals surface area (Å²) < 4.78 is 30.3. The lowest BCUT2D eigenvalue weighted by atomic mass is 10.0. The van der Waals surface area contributed by atoms with Crippen LogP contribution in [0.1, 0.15) is 17.3 Å². The number of phenols is 1. The number of benzene rings is 3. The monoisotopic (exact) mass is 412 g/mol. The summed E-state index contributed by atoms with van der Waals surface area (Å²) >= 11 is -2.70. The SMILES string of the molecule is CCOc1cccc(-c2cccc(N(c3ccc(C(=O)O)c(O)c3)S(=O)[O-])c2)c1. The molecule has 7 nitrogen and oxygen atoms in total. The predicted molar refractivity (Wildman–Crippen MR) is 109 cm³/mol.